The number of anilines is 6. The van der Waals surface area contributed by atoms with E-state index in [9.17, 15) is 5.26 Å². The van der Waals surface area contributed by atoms with Crippen molar-refractivity contribution in [1.29, 1.82) is 5.26 Å². The van der Waals surface area contributed by atoms with Gasteiger partial charge in [-0.1, -0.05) is 188 Å². The molecule has 318 valence electrons. The van der Waals surface area contributed by atoms with Crippen LogP contribution in [0.5, 0.6) is 0 Å². The van der Waals surface area contributed by atoms with Gasteiger partial charge < -0.3 is 9.80 Å². The lowest BCUT2D eigenvalue weighted by atomic mass is 9.33. The van der Waals surface area contributed by atoms with E-state index in [0.29, 0.717) is 16.8 Å². The summed E-state index contributed by atoms with van der Waals surface area (Å²) in [5.74, 6) is 0. The first-order chi connectivity index (χ1) is 34.1. The molecule has 2 heterocycles. The van der Waals surface area contributed by atoms with Gasteiger partial charge in [-0.25, -0.2) is 4.85 Å². The van der Waals surface area contributed by atoms with Crippen LogP contribution in [0.1, 0.15) is 5.56 Å². The summed E-state index contributed by atoms with van der Waals surface area (Å²) < 4.78 is 0. The molecule has 5 heteroatoms. The van der Waals surface area contributed by atoms with Crippen molar-refractivity contribution in [3.05, 3.63) is 254 Å². The van der Waals surface area contributed by atoms with Gasteiger partial charge in [-0.3, -0.25) is 0 Å². The summed E-state index contributed by atoms with van der Waals surface area (Å²) in [4.78, 5) is 9.08. The topological polar surface area (TPSA) is 34.6 Å². The summed E-state index contributed by atoms with van der Waals surface area (Å²) in [6.45, 7) is 8.54. The van der Waals surface area contributed by atoms with Crippen LogP contribution in [0.15, 0.2) is 237 Å². The van der Waals surface area contributed by atoms with Crippen molar-refractivity contribution in [2.45, 2.75) is 0 Å². The van der Waals surface area contributed by atoms with Gasteiger partial charge in [0.1, 0.15) is 0 Å². The zero-order valence-corrected chi connectivity index (χ0v) is 37.4. The standard InChI is InChI=1S/C64H39BN4/c1-67-58-38-49(44-19-9-4-10-20-44)37-51(41-66)61(58)50-39-59-62-60(40-50)69(53-33-27-46(28-34-53)43-17-7-3-8-18-43)64-55-24-14-12-22-48(55)30-36-57(64)65(62)56-35-29-47-21-11-13-23-54(47)63(56)68(59)52-31-25-45(26-32-52)42-15-5-2-6-16-42/h2-40H. The van der Waals surface area contributed by atoms with Gasteiger partial charge in [0.05, 0.1) is 12.6 Å². The van der Waals surface area contributed by atoms with E-state index in [1.54, 1.807) is 0 Å². The Morgan fingerprint density at radius 3 is 1.28 bits per heavy atom. The summed E-state index contributed by atoms with van der Waals surface area (Å²) >= 11 is 0. The normalized spacial score (nSPS) is 12.2. The van der Waals surface area contributed by atoms with Crippen LogP contribution in [0.25, 0.3) is 70.9 Å². The molecule has 0 spiro atoms. The van der Waals surface area contributed by atoms with Gasteiger partial charge in [0.25, 0.3) is 6.71 Å². The Morgan fingerprint density at radius 1 is 0.406 bits per heavy atom. The monoisotopic (exact) mass is 874 g/mol. The molecule has 2 aliphatic rings. The molecule has 0 bridgehead atoms. The first-order valence-electron chi connectivity index (χ1n) is 23.3. The minimum atomic E-state index is -0.154. The van der Waals surface area contributed by atoms with Gasteiger partial charge in [-0.15, -0.1) is 0 Å². The maximum Gasteiger partial charge on any atom is 0.252 e. The molecule has 2 aliphatic heterocycles. The average molecular weight is 875 g/mol. The predicted octanol–water partition coefficient (Wildman–Crippen LogP) is 15.2. The van der Waals surface area contributed by atoms with Crippen LogP contribution in [0.2, 0.25) is 0 Å². The first kappa shape index (κ1) is 39.9. The Labute approximate surface area is 401 Å². The Bertz CT molecular complexity index is 3680. The lowest BCUT2D eigenvalue weighted by Crippen LogP contribution is -2.61. The van der Waals surface area contributed by atoms with Crippen LogP contribution >= 0.6 is 0 Å². The number of nitrogens with zero attached hydrogens (tertiary/aromatic N) is 4. The van der Waals surface area contributed by atoms with Crippen LogP contribution < -0.4 is 26.2 Å². The second-order valence-corrected chi connectivity index (χ2v) is 17.8. The third-order valence-electron chi connectivity index (χ3n) is 14.1. The number of nitriles is 1. The third kappa shape index (κ3) is 6.45. The highest BCUT2D eigenvalue weighted by atomic mass is 15.2. The van der Waals surface area contributed by atoms with Crippen molar-refractivity contribution < 1.29 is 0 Å². The fourth-order valence-corrected chi connectivity index (χ4v) is 11.0. The van der Waals surface area contributed by atoms with Gasteiger partial charge in [0, 0.05) is 56.0 Å². The second-order valence-electron chi connectivity index (χ2n) is 17.8. The summed E-state index contributed by atoms with van der Waals surface area (Å²) in [6.07, 6.45) is 0. The molecule has 0 fully saturated rings. The number of hydrogen-bond donors (Lipinski definition) is 0. The summed E-state index contributed by atoms with van der Waals surface area (Å²) in [5.41, 5.74) is 18.5. The molecule has 13 rings (SSSR count). The van der Waals surface area contributed by atoms with Crippen molar-refractivity contribution in [2.24, 2.45) is 0 Å². The Morgan fingerprint density at radius 2 is 0.826 bits per heavy atom. The molecule has 0 unspecified atom stereocenters. The van der Waals surface area contributed by atoms with Gasteiger partial charge in [-0.05, 0) is 115 Å². The average Bonchev–Trinajstić information content (AvgIpc) is 3.43. The number of fused-ring (bicyclic) bond motifs is 8. The van der Waals surface area contributed by atoms with Crippen molar-refractivity contribution in [2.75, 3.05) is 9.80 Å². The minimum absolute atomic E-state index is 0.154. The van der Waals surface area contributed by atoms with Crippen LogP contribution in [0.3, 0.4) is 0 Å². The van der Waals surface area contributed by atoms with Gasteiger partial charge in [-0.2, -0.15) is 5.26 Å². The number of benzene rings is 11. The Hall–Kier alpha value is -9.42. The molecule has 0 aromatic heterocycles. The maximum atomic E-state index is 11.1. The zero-order chi connectivity index (χ0) is 46.0. The molecule has 11 aromatic carbocycles. The van der Waals surface area contributed by atoms with E-state index >= 15 is 0 Å². The third-order valence-corrected chi connectivity index (χ3v) is 14.1. The molecule has 0 saturated carbocycles. The smallest absolute Gasteiger partial charge is 0.252 e. The Balaban J connectivity index is 1.15. The van der Waals surface area contributed by atoms with E-state index in [2.05, 4.69) is 215 Å². The molecule has 4 nitrogen and oxygen atoms in total. The highest BCUT2D eigenvalue weighted by molar-refractivity contribution is 7.00. The molecule has 0 N–H and O–H groups in total. The minimum Gasteiger partial charge on any atom is -0.311 e. The number of rotatable bonds is 6. The van der Waals surface area contributed by atoms with E-state index in [4.69, 9.17) is 6.57 Å². The van der Waals surface area contributed by atoms with Crippen molar-refractivity contribution in [3.63, 3.8) is 0 Å². The van der Waals surface area contributed by atoms with Crippen LogP contribution in [0.4, 0.5) is 39.8 Å². The predicted molar refractivity (Wildman–Crippen MR) is 288 cm³/mol. The fourth-order valence-electron chi connectivity index (χ4n) is 11.0. The molecular weight excluding hydrogens is 836 g/mol. The largest absolute Gasteiger partial charge is 0.311 e. The maximum absolute atomic E-state index is 11.1. The molecule has 0 aliphatic carbocycles. The van der Waals surface area contributed by atoms with Gasteiger partial charge >= 0.3 is 0 Å². The first-order valence-corrected chi connectivity index (χ1v) is 23.3. The molecule has 69 heavy (non-hydrogen) atoms. The van der Waals surface area contributed by atoms with Crippen molar-refractivity contribution >= 4 is 84.5 Å². The van der Waals surface area contributed by atoms with Crippen molar-refractivity contribution in [1.82, 2.24) is 0 Å². The van der Waals surface area contributed by atoms with Crippen LogP contribution in [-0.4, -0.2) is 6.71 Å². The summed E-state index contributed by atoms with van der Waals surface area (Å²) in [5, 5.41) is 15.7. The molecular formula is C64H39BN4. The van der Waals surface area contributed by atoms with E-state index < -0.39 is 0 Å². The van der Waals surface area contributed by atoms with E-state index in [0.717, 1.165) is 100 Å². The molecule has 0 radical (unpaired) electrons. The quantitative estimate of drug-likeness (QED) is 0.123. The highest BCUT2D eigenvalue weighted by Crippen LogP contribution is 2.50. The van der Waals surface area contributed by atoms with Gasteiger partial charge in [0.15, 0.2) is 5.69 Å². The molecule has 0 saturated heterocycles. The van der Waals surface area contributed by atoms with Crippen LogP contribution in [-0.2, 0) is 0 Å². The Kier molecular flexibility index (Phi) is 9.36. The van der Waals surface area contributed by atoms with E-state index in [1.807, 2.05) is 42.5 Å². The zero-order valence-electron chi connectivity index (χ0n) is 37.4. The SMILES string of the molecule is [C-]#[N+]c1cc(-c2ccccc2)cc(C#N)c1-c1cc2c3c(c1)N(c1ccc(-c4ccccc4)cc1)c1c(ccc4ccccc14)B3c1ccc3ccccc3c1N2c1ccc(-c2ccccc2)cc1. The van der Waals surface area contributed by atoms with E-state index in [-0.39, 0.29) is 6.71 Å². The molecule has 0 atom stereocenters. The van der Waals surface area contributed by atoms with E-state index in [1.165, 1.54) is 10.9 Å². The summed E-state index contributed by atoms with van der Waals surface area (Å²) in [6, 6.07) is 86.3. The lowest BCUT2D eigenvalue weighted by Gasteiger charge is -2.45. The number of hydrogen-bond acceptors (Lipinski definition) is 3. The second kappa shape index (κ2) is 16.2. The summed E-state index contributed by atoms with van der Waals surface area (Å²) in [7, 11) is 0. The highest BCUT2D eigenvalue weighted by Gasteiger charge is 2.45. The molecule has 0 amide bonds. The fraction of sp³-hybridized carbons (Fsp3) is 0. The lowest BCUT2D eigenvalue weighted by molar-refractivity contribution is 1.27. The van der Waals surface area contributed by atoms with Crippen molar-refractivity contribution in [3.8, 4) is 50.6 Å². The molecule has 11 aromatic rings. The van der Waals surface area contributed by atoms with Crippen LogP contribution in [0, 0.1) is 17.9 Å². The van der Waals surface area contributed by atoms with Gasteiger partial charge in [0.2, 0.25) is 0 Å².